The number of aromatic nitrogens is 5. The highest BCUT2D eigenvalue weighted by Gasteiger charge is 2.14. The molecule has 0 bridgehead atoms. The first-order valence-electron chi connectivity index (χ1n) is 11.8. The number of piperidine rings is 1. The molecule has 0 unspecified atom stereocenters. The molecule has 0 aliphatic carbocycles. The first kappa shape index (κ1) is 22.5. The van der Waals surface area contributed by atoms with Crippen LogP contribution in [0.15, 0.2) is 67.1 Å². The van der Waals surface area contributed by atoms with E-state index in [1.54, 1.807) is 24.7 Å². The Balaban J connectivity index is 1.33. The van der Waals surface area contributed by atoms with Crippen LogP contribution in [0.4, 0.5) is 17.6 Å². The van der Waals surface area contributed by atoms with Crippen molar-refractivity contribution < 1.29 is 9.47 Å². The van der Waals surface area contributed by atoms with Crippen molar-refractivity contribution in [3.05, 3.63) is 67.1 Å². The number of benzene rings is 1. The molecule has 1 aliphatic heterocycles. The number of rotatable bonds is 8. The zero-order valence-corrected chi connectivity index (χ0v) is 19.6. The van der Waals surface area contributed by atoms with Gasteiger partial charge >= 0.3 is 0 Å². The minimum Gasteiger partial charge on any atom is -0.490 e. The van der Waals surface area contributed by atoms with Crippen LogP contribution in [0.2, 0.25) is 0 Å². The Kier molecular flexibility index (Phi) is 6.93. The third-order valence-electron chi connectivity index (χ3n) is 5.54. The summed E-state index contributed by atoms with van der Waals surface area (Å²) in [4.78, 5) is 24.9. The lowest BCUT2D eigenvalue weighted by Crippen LogP contribution is -2.30. The topological polar surface area (TPSA) is 98.2 Å². The second-order valence-corrected chi connectivity index (χ2v) is 8.04. The molecule has 1 fully saturated rings. The number of pyridine rings is 1. The summed E-state index contributed by atoms with van der Waals surface area (Å²) in [5, 5.41) is 3.17. The molecule has 3 aromatic heterocycles. The van der Waals surface area contributed by atoms with Crippen molar-refractivity contribution >= 4 is 17.6 Å². The minimum atomic E-state index is 0.437. The second-order valence-electron chi connectivity index (χ2n) is 8.04. The van der Waals surface area contributed by atoms with Crippen molar-refractivity contribution in [3.8, 4) is 28.8 Å². The van der Waals surface area contributed by atoms with E-state index in [2.05, 4.69) is 35.1 Å². The molecule has 9 heteroatoms. The molecule has 4 heterocycles. The average Bonchev–Trinajstić information content (AvgIpc) is 2.91. The van der Waals surface area contributed by atoms with E-state index in [4.69, 9.17) is 9.47 Å². The molecule has 35 heavy (non-hydrogen) atoms. The first-order chi connectivity index (χ1) is 17.3. The highest BCUT2D eigenvalue weighted by Crippen LogP contribution is 2.31. The van der Waals surface area contributed by atoms with E-state index in [-0.39, 0.29) is 0 Å². The third-order valence-corrected chi connectivity index (χ3v) is 5.54. The zero-order valence-electron chi connectivity index (χ0n) is 19.6. The van der Waals surface area contributed by atoms with Crippen molar-refractivity contribution in [1.29, 1.82) is 0 Å². The normalized spacial score (nSPS) is 13.3. The minimum absolute atomic E-state index is 0.437. The van der Waals surface area contributed by atoms with Crippen molar-refractivity contribution in [2.45, 2.75) is 26.2 Å². The van der Waals surface area contributed by atoms with Crippen LogP contribution >= 0.6 is 0 Å². The summed E-state index contributed by atoms with van der Waals surface area (Å²) < 4.78 is 11.6. The quantitative estimate of drug-likeness (QED) is 0.371. The van der Waals surface area contributed by atoms with Gasteiger partial charge in [0.1, 0.15) is 11.5 Å². The van der Waals surface area contributed by atoms with E-state index in [0.29, 0.717) is 47.1 Å². The summed E-state index contributed by atoms with van der Waals surface area (Å²) in [6, 6.07) is 15.0. The summed E-state index contributed by atoms with van der Waals surface area (Å²) >= 11 is 0. The van der Waals surface area contributed by atoms with E-state index in [0.717, 1.165) is 18.9 Å². The molecule has 0 atom stereocenters. The van der Waals surface area contributed by atoms with Crippen LogP contribution in [0.25, 0.3) is 11.4 Å². The molecule has 178 valence electrons. The number of nitrogens with zero attached hydrogens (tertiary/aromatic N) is 6. The Hall–Kier alpha value is -4.27. The maximum atomic E-state index is 6.00. The predicted molar refractivity (Wildman–Crippen MR) is 134 cm³/mol. The summed E-state index contributed by atoms with van der Waals surface area (Å²) in [6.45, 7) is 4.52. The maximum Gasteiger partial charge on any atom is 0.230 e. The van der Waals surface area contributed by atoms with Crippen LogP contribution in [0.1, 0.15) is 26.2 Å². The van der Waals surface area contributed by atoms with Crippen LogP contribution in [0.3, 0.4) is 0 Å². The Labute approximate surface area is 204 Å². The van der Waals surface area contributed by atoms with Gasteiger partial charge in [0.05, 0.1) is 24.7 Å². The fraction of sp³-hybridized carbons (Fsp3) is 0.269. The number of para-hydroxylation sites is 2. The Bertz CT molecular complexity index is 1280. The summed E-state index contributed by atoms with van der Waals surface area (Å²) in [6.07, 6.45) is 8.71. The van der Waals surface area contributed by atoms with Gasteiger partial charge in [-0.1, -0.05) is 18.2 Å². The smallest absolute Gasteiger partial charge is 0.230 e. The Morgan fingerprint density at radius 2 is 1.71 bits per heavy atom. The number of hydrogen-bond donors (Lipinski definition) is 1. The van der Waals surface area contributed by atoms with Crippen LogP contribution in [-0.4, -0.2) is 44.6 Å². The second kappa shape index (κ2) is 10.8. The van der Waals surface area contributed by atoms with E-state index in [1.165, 1.54) is 19.3 Å². The van der Waals surface area contributed by atoms with Gasteiger partial charge in [0.2, 0.25) is 11.8 Å². The molecular weight excluding hydrogens is 442 g/mol. The lowest BCUT2D eigenvalue weighted by molar-refractivity contribution is 0.319. The first-order valence-corrected chi connectivity index (χ1v) is 11.8. The van der Waals surface area contributed by atoms with Gasteiger partial charge in [-0.25, -0.2) is 15.0 Å². The van der Waals surface area contributed by atoms with Gasteiger partial charge < -0.3 is 19.7 Å². The van der Waals surface area contributed by atoms with Crippen LogP contribution in [-0.2, 0) is 0 Å². The van der Waals surface area contributed by atoms with Gasteiger partial charge in [0.15, 0.2) is 17.3 Å². The van der Waals surface area contributed by atoms with Crippen molar-refractivity contribution in [1.82, 2.24) is 24.9 Å². The molecule has 0 saturated carbocycles. The highest BCUT2D eigenvalue weighted by molar-refractivity contribution is 5.58. The number of ether oxygens (including phenoxy) is 2. The zero-order chi connectivity index (χ0) is 23.9. The van der Waals surface area contributed by atoms with Gasteiger partial charge in [0.25, 0.3) is 0 Å². The molecule has 1 saturated heterocycles. The van der Waals surface area contributed by atoms with Gasteiger partial charge in [0, 0.05) is 25.4 Å². The molecular formula is C26H27N7O2. The lowest BCUT2D eigenvalue weighted by Gasteiger charge is -2.27. The molecule has 5 rings (SSSR count). The van der Waals surface area contributed by atoms with Gasteiger partial charge in [-0.2, -0.15) is 4.98 Å². The van der Waals surface area contributed by atoms with Gasteiger partial charge in [-0.15, -0.1) is 0 Å². The van der Waals surface area contributed by atoms with Crippen LogP contribution in [0.5, 0.6) is 17.4 Å². The van der Waals surface area contributed by atoms with E-state index < -0.39 is 0 Å². The molecule has 9 nitrogen and oxygen atoms in total. The Morgan fingerprint density at radius 1 is 0.857 bits per heavy atom. The average molecular weight is 470 g/mol. The van der Waals surface area contributed by atoms with Gasteiger partial charge in [-0.05, 0) is 50.5 Å². The predicted octanol–water partition coefficient (Wildman–Crippen LogP) is 5.25. The largest absolute Gasteiger partial charge is 0.490 e. The number of nitrogens with one attached hydrogen (secondary N) is 1. The number of hydrogen-bond acceptors (Lipinski definition) is 9. The number of anilines is 3. The van der Waals surface area contributed by atoms with E-state index in [9.17, 15) is 0 Å². The molecule has 1 aliphatic rings. The molecule has 1 N–H and O–H groups in total. The Morgan fingerprint density at radius 3 is 2.57 bits per heavy atom. The van der Waals surface area contributed by atoms with Crippen molar-refractivity contribution in [2.75, 3.05) is 29.9 Å². The van der Waals surface area contributed by atoms with Crippen molar-refractivity contribution in [2.24, 2.45) is 0 Å². The third kappa shape index (κ3) is 5.63. The highest BCUT2D eigenvalue weighted by atomic mass is 16.5. The summed E-state index contributed by atoms with van der Waals surface area (Å²) in [5.74, 6) is 3.65. The maximum absolute atomic E-state index is 6.00. The van der Waals surface area contributed by atoms with Crippen molar-refractivity contribution in [3.63, 3.8) is 0 Å². The van der Waals surface area contributed by atoms with Crippen LogP contribution < -0.4 is 19.7 Å². The summed E-state index contributed by atoms with van der Waals surface area (Å²) in [5.41, 5.74) is 1.24. The molecule has 0 radical (unpaired) electrons. The van der Waals surface area contributed by atoms with Gasteiger partial charge in [-0.3, -0.25) is 4.98 Å². The fourth-order valence-corrected chi connectivity index (χ4v) is 3.91. The van der Waals surface area contributed by atoms with E-state index >= 15 is 0 Å². The molecule has 0 spiro atoms. The lowest BCUT2D eigenvalue weighted by atomic mass is 10.1. The monoisotopic (exact) mass is 469 g/mol. The van der Waals surface area contributed by atoms with E-state index in [1.807, 2.05) is 49.4 Å². The van der Waals surface area contributed by atoms with Crippen LogP contribution in [0, 0.1) is 0 Å². The SMILES string of the molecule is CCOc1ccccc1Oc1cccc(-c2cncc(Nc3nccc(N4CCCCC4)n3)n2)n1. The molecule has 1 aromatic carbocycles. The standard InChI is InChI=1S/C26H27N7O2/c1-2-34-21-10-4-5-11-22(21)35-25-12-8-9-19(30-25)20-17-27-18-23(29-20)31-26-28-14-13-24(32-26)33-15-6-3-7-16-33/h4-5,8-14,17-18H,2-3,6-7,15-16H2,1H3,(H,28,29,31,32). The molecule has 0 amide bonds. The fourth-order valence-electron chi connectivity index (χ4n) is 3.91. The molecule has 4 aromatic rings. The summed E-state index contributed by atoms with van der Waals surface area (Å²) in [7, 11) is 0.